The molecule has 4 nitrogen and oxygen atoms in total. The highest BCUT2D eigenvalue weighted by Gasteiger charge is 2.31. The van der Waals surface area contributed by atoms with Crippen molar-refractivity contribution in [2.45, 2.75) is 6.18 Å². The molecule has 0 saturated carbocycles. The Bertz CT molecular complexity index is 784. The second-order valence-electron chi connectivity index (χ2n) is 4.86. The van der Waals surface area contributed by atoms with Gasteiger partial charge in [0.15, 0.2) is 0 Å². The summed E-state index contributed by atoms with van der Waals surface area (Å²) >= 11 is 11.4. The number of aromatic nitrogens is 1. The second-order valence-corrected chi connectivity index (χ2v) is 5.70. The fourth-order valence-corrected chi connectivity index (χ4v) is 2.25. The lowest BCUT2D eigenvalue weighted by Gasteiger charge is -2.11. The zero-order valence-electron chi connectivity index (χ0n) is 12.4. The number of alkyl halides is 3. The van der Waals surface area contributed by atoms with Crippen molar-refractivity contribution < 1.29 is 22.4 Å². The van der Waals surface area contributed by atoms with Crippen LogP contribution in [0.3, 0.4) is 0 Å². The smallest absolute Gasteiger partial charge is 0.367 e. The van der Waals surface area contributed by atoms with Crippen LogP contribution < -0.4 is 10.6 Å². The van der Waals surface area contributed by atoms with Crippen molar-refractivity contribution in [1.29, 1.82) is 0 Å². The number of halogens is 6. The first-order valence-electron chi connectivity index (χ1n) is 6.88. The first-order valence-corrected chi connectivity index (χ1v) is 7.64. The molecule has 0 spiro atoms. The van der Waals surface area contributed by atoms with Crippen molar-refractivity contribution in [3.63, 3.8) is 0 Å². The molecule has 0 fully saturated rings. The van der Waals surface area contributed by atoms with Crippen LogP contribution in [0.5, 0.6) is 0 Å². The summed E-state index contributed by atoms with van der Waals surface area (Å²) in [4.78, 5) is 15.4. The van der Waals surface area contributed by atoms with Gasteiger partial charge < -0.3 is 10.6 Å². The highest BCUT2D eigenvalue weighted by atomic mass is 35.5. The van der Waals surface area contributed by atoms with Crippen molar-refractivity contribution in [2.75, 3.05) is 18.4 Å². The Labute approximate surface area is 150 Å². The van der Waals surface area contributed by atoms with Gasteiger partial charge in [0, 0.05) is 24.3 Å². The lowest BCUT2D eigenvalue weighted by atomic mass is 10.2. The maximum Gasteiger partial charge on any atom is 0.417 e. The topological polar surface area (TPSA) is 54.0 Å². The SMILES string of the molecule is O=C(NCCNc1ncc(C(F)(F)F)cc1Cl)c1cc(Cl)ccc1F. The Morgan fingerprint density at radius 3 is 2.52 bits per heavy atom. The third kappa shape index (κ3) is 5.20. The molecular weight excluding hydrogens is 385 g/mol. The summed E-state index contributed by atoms with van der Waals surface area (Å²) in [5.41, 5.74) is -1.18. The standard InChI is InChI=1S/C15H11Cl2F4N3O/c16-9-1-2-12(18)10(6-9)14(25)23-4-3-22-13-11(17)5-8(7-24-13)15(19,20)21/h1-2,5-7H,3-4H2,(H,22,24)(H,23,25). The quantitative estimate of drug-likeness (QED) is 0.583. The lowest BCUT2D eigenvalue weighted by Crippen LogP contribution is -2.29. The maximum absolute atomic E-state index is 13.5. The van der Waals surface area contributed by atoms with Gasteiger partial charge in [0.1, 0.15) is 11.6 Å². The van der Waals surface area contributed by atoms with Gasteiger partial charge in [-0.2, -0.15) is 13.2 Å². The molecule has 134 valence electrons. The Balaban J connectivity index is 1.89. The van der Waals surface area contributed by atoms with Crippen LogP contribution in [0.25, 0.3) is 0 Å². The normalized spacial score (nSPS) is 11.3. The molecule has 2 rings (SSSR count). The monoisotopic (exact) mass is 395 g/mol. The van der Waals surface area contributed by atoms with Gasteiger partial charge in [0.25, 0.3) is 5.91 Å². The Kier molecular flexibility index (Phi) is 6.07. The largest absolute Gasteiger partial charge is 0.417 e. The van der Waals surface area contributed by atoms with E-state index in [2.05, 4.69) is 15.6 Å². The number of rotatable bonds is 5. The van der Waals surface area contributed by atoms with Crippen molar-refractivity contribution in [2.24, 2.45) is 0 Å². The molecule has 0 saturated heterocycles. The molecule has 0 aliphatic heterocycles. The first-order chi connectivity index (χ1) is 11.7. The van der Waals surface area contributed by atoms with Crippen molar-refractivity contribution >= 4 is 34.9 Å². The number of nitrogens with zero attached hydrogens (tertiary/aromatic N) is 1. The third-order valence-electron chi connectivity index (χ3n) is 3.04. The number of carbonyl (C=O) groups excluding carboxylic acids is 1. The number of pyridine rings is 1. The summed E-state index contributed by atoms with van der Waals surface area (Å²) < 4.78 is 51.1. The molecular formula is C15H11Cl2F4N3O. The van der Waals surface area contributed by atoms with Gasteiger partial charge in [-0.05, 0) is 24.3 Å². The van der Waals surface area contributed by atoms with E-state index in [0.29, 0.717) is 6.20 Å². The lowest BCUT2D eigenvalue weighted by molar-refractivity contribution is -0.137. The summed E-state index contributed by atoms with van der Waals surface area (Å²) in [6.07, 6.45) is -3.89. The number of nitrogens with one attached hydrogen (secondary N) is 2. The van der Waals surface area contributed by atoms with Crippen molar-refractivity contribution in [3.05, 3.63) is 57.5 Å². The molecule has 1 aromatic heterocycles. The molecule has 0 aliphatic rings. The Hall–Kier alpha value is -2.06. The van der Waals surface area contributed by atoms with E-state index in [1.54, 1.807) is 0 Å². The summed E-state index contributed by atoms with van der Waals surface area (Å²) in [5, 5.41) is 5.13. The minimum absolute atomic E-state index is 0.0397. The minimum atomic E-state index is -4.54. The number of carbonyl (C=O) groups is 1. The molecule has 0 bridgehead atoms. The number of amides is 1. The van der Waals surface area contributed by atoms with Gasteiger partial charge in [-0.15, -0.1) is 0 Å². The first kappa shape index (κ1) is 19.3. The maximum atomic E-state index is 13.5. The van der Waals surface area contributed by atoms with Crippen LogP contribution >= 0.6 is 23.2 Å². The predicted octanol–water partition coefficient (Wildman–Crippen LogP) is 4.39. The molecule has 2 N–H and O–H groups in total. The number of anilines is 1. The van der Waals surface area contributed by atoms with Crippen LogP contribution in [0, 0.1) is 5.82 Å². The zero-order chi connectivity index (χ0) is 18.6. The van der Waals surface area contributed by atoms with Gasteiger partial charge in [-0.1, -0.05) is 23.2 Å². The summed E-state index contributed by atoms with van der Waals surface area (Å²) in [6, 6.07) is 4.32. The number of hydrogen-bond donors (Lipinski definition) is 2. The van der Waals surface area contributed by atoms with Crippen molar-refractivity contribution in [3.8, 4) is 0 Å². The minimum Gasteiger partial charge on any atom is -0.367 e. The number of hydrogen-bond acceptors (Lipinski definition) is 3. The summed E-state index contributed by atoms with van der Waals surface area (Å²) in [6.45, 7) is 0.176. The molecule has 1 heterocycles. The molecule has 0 unspecified atom stereocenters. The van der Waals surface area contributed by atoms with E-state index < -0.39 is 23.5 Å². The van der Waals surface area contributed by atoms with E-state index >= 15 is 0 Å². The van der Waals surface area contributed by atoms with E-state index in [9.17, 15) is 22.4 Å². The molecule has 0 aliphatic carbocycles. The molecule has 0 radical (unpaired) electrons. The molecule has 1 aromatic carbocycles. The second kappa shape index (κ2) is 7.88. The van der Waals surface area contributed by atoms with E-state index in [0.717, 1.165) is 12.1 Å². The van der Waals surface area contributed by atoms with Crippen LogP contribution in [0.1, 0.15) is 15.9 Å². The predicted molar refractivity (Wildman–Crippen MR) is 86.5 cm³/mol. The van der Waals surface area contributed by atoms with Gasteiger partial charge in [-0.25, -0.2) is 9.37 Å². The fraction of sp³-hybridized carbons (Fsp3) is 0.200. The Morgan fingerprint density at radius 1 is 1.16 bits per heavy atom. The van der Waals surface area contributed by atoms with Crippen LogP contribution in [0.2, 0.25) is 10.0 Å². The molecule has 0 atom stereocenters. The van der Waals surface area contributed by atoms with Gasteiger partial charge in [0.05, 0.1) is 16.1 Å². The van der Waals surface area contributed by atoms with Crippen LogP contribution in [-0.4, -0.2) is 24.0 Å². The van der Waals surface area contributed by atoms with Crippen LogP contribution in [0.15, 0.2) is 30.5 Å². The molecule has 25 heavy (non-hydrogen) atoms. The highest BCUT2D eigenvalue weighted by Crippen LogP contribution is 2.32. The summed E-state index contributed by atoms with van der Waals surface area (Å²) in [7, 11) is 0. The third-order valence-corrected chi connectivity index (χ3v) is 3.57. The van der Waals surface area contributed by atoms with Gasteiger partial charge in [0.2, 0.25) is 0 Å². The fourth-order valence-electron chi connectivity index (χ4n) is 1.85. The zero-order valence-corrected chi connectivity index (χ0v) is 13.9. The summed E-state index contributed by atoms with van der Waals surface area (Å²) in [5.74, 6) is -1.35. The van der Waals surface area contributed by atoms with Crippen molar-refractivity contribution in [1.82, 2.24) is 10.3 Å². The van der Waals surface area contributed by atoms with Gasteiger partial charge in [-0.3, -0.25) is 4.79 Å². The average Bonchev–Trinajstić information content (AvgIpc) is 2.53. The van der Waals surface area contributed by atoms with E-state index in [1.807, 2.05) is 0 Å². The molecule has 10 heteroatoms. The van der Waals surface area contributed by atoms with Crippen LogP contribution in [-0.2, 0) is 6.18 Å². The Morgan fingerprint density at radius 2 is 1.88 bits per heavy atom. The number of benzene rings is 1. The average molecular weight is 396 g/mol. The molecule has 2 aromatic rings. The van der Waals surface area contributed by atoms with Gasteiger partial charge >= 0.3 is 6.18 Å². The van der Waals surface area contributed by atoms with Crippen LogP contribution in [0.4, 0.5) is 23.4 Å². The highest BCUT2D eigenvalue weighted by molar-refractivity contribution is 6.33. The molecule has 1 amide bonds. The van der Waals surface area contributed by atoms with E-state index in [4.69, 9.17) is 23.2 Å². The van der Waals surface area contributed by atoms with E-state index in [1.165, 1.54) is 12.1 Å². The van der Waals surface area contributed by atoms with E-state index in [-0.39, 0.29) is 34.5 Å².